The molecule has 0 fully saturated rings. The summed E-state index contributed by atoms with van der Waals surface area (Å²) in [5.41, 5.74) is 17.0. The SMILES string of the molecule is Nc1ccc(N=Nc2ccc(/N=N/c3ccc(N=Nc4ccc(N)cc4)cc3)cc2)cc1. The molecule has 4 aromatic carbocycles. The molecule has 0 unspecified atom stereocenters. The van der Waals surface area contributed by atoms with Gasteiger partial charge in [-0.3, -0.25) is 0 Å². The standard InChI is InChI=1S/C24H20N8/c25-17-1-5-19(6-2-17)27-29-21-9-13-23(14-10-21)31-32-24-15-11-22(12-16-24)30-28-20-7-3-18(26)4-8-20/h1-16H,25-26H2/b29-27?,30-28?,32-31+. The van der Waals surface area contributed by atoms with Crippen molar-refractivity contribution in [2.45, 2.75) is 0 Å². The summed E-state index contributed by atoms with van der Waals surface area (Å²) in [7, 11) is 0. The van der Waals surface area contributed by atoms with E-state index in [1.54, 1.807) is 24.3 Å². The molecule has 4 rings (SSSR count). The van der Waals surface area contributed by atoms with Gasteiger partial charge in [-0.15, -0.1) is 0 Å². The van der Waals surface area contributed by atoms with Gasteiger partial charge >= 0.3 is 0 Å². The Bertz CT molecular complexity index is 1140. The van der Waals surface area contributed by atoms with Gasteiger partial charge in [0.1, 0.15) is 0 Å². The zero-order valence-electron chi connectivity index (χ0n) is 17.1. The summed E-state index contributed by atoms with van der Waals surface area (Å²) in [6.45, 7) is 0. The molecule has 8 heteroatoms. The van der Waals surface area contributed by atoms with Crippen LogP contribution < -0.4 is 11.5 Å². The quantitative estimate of drug-likeness (QED) is 0.241. The first-order chi connectivity index (χ1) is 15.6. The maximum Gasteiger partial charge on any atom is 0.0858 e. The van der Waals surface area contributed by atoms with Gasteiger partial charge in [0.25, 0.3) is 0 Å². The van der Waals surface area contributed by atoms with Crippen LogP contribution in [0.4, 0.5) is 45.5 Å². The molecule has 4 N–H and O–H groups in total. The Hall–Kier alpha value is -4.72. The number of hydrogen-bond donors (Lipinski definition) is 2. The van der Waals surface area contributed by atoms with Crippen molar-refractivity contribution in [2.24, 2.45) is 30.7 Å². The Labute approximate surface area is 185 Å². The minimum Gasteiger partial charge on any atom is -0.399 e. The Morgan fingerprint density at radius 1 is 0.281 bits per heavy atom. The second-order valence-electron chi connectivity index (χ2n) is 6.82. The summed E-state index contributed by atoms with van der Waals surface area (Å²) in [6.07, 6.45) is 0. The number of hydrogen-bond acceptors (Lipinski definition) is 8. The molecule has 0 aromatic heterocycles. The van der Waals surface area contributed by atoms with Crippen LogP contribution in [0.5, 0.6) is 0 Å². The van der Waals surface area contributed by atoms with Gasteiger partial charge in [-0.25, -0.2) is 0 Å². The third kappa shape index (κ3) is 5.90. The Kier molecular flexibility index (Phi) is 6.33. The highest BCUT2D eigenvalue weighted by atomic mass is 15.1. The second kappa shape index (κ2) is 9.86. The average molecular weight is 420 g/mol. The van der Waals surface area contributed by atoms with E-state index in [9.17, 15) is 0 Å². The minimum atomic E-state index is 0.691. The molecule has 0 saturated carbocycles. The molecule has 32 heavy (non-hydrogen) atoms. The number of nitrogens with two attached hydrogens (primary N) is 2. The van der Waals surface area contributed by atoms with Crippen LogP contribution in [-0.4, -0.2) is 0 Å². The molecule has 0 radical (unpaired) electrons. The first-order valence-corrected chi connectivity index (χ1v) is 9.80. The number of nitrogens with zero attached hydrogens (tertiary/aromatic N) is 6. The lowest BCUT2D eigenvalue weighted by molar-refractivity contribution is 1.20. The Balaban J connectivity index is 1.35. The highest BCUT2D eigenvalue weighted by molar-refractivity contribution is 5.52. The second-order valence-corrected chi connectivity index (χ2v) is 6.82. The van der Waals surface area contributed by atoms with Gasteiger partial charge in [-0.2, -0.15) is 30.7 Å². The number of azo groups is 3. The fourth-order valence-corrected chi connectivity index (χ4v) is 2.60. The molecule has 0 spiro atoms. The molecule has 0 aliphatic rings. The monoisotopic (exact) mass is 420 g/mol. The molecular weight excluding hydrogens is 400 g/mol. The van der Waals surface area contributed by atoms with Crippen molar-refractivity contribution >= 4 is 45.5 Å². The minimum absolute atomic E-state index is 0.691. The predicted octanol–water partition coefficient (Wildman–Crippen LogP) is 8.10. The summed E-state index contributed by atoms with van der Waals surface area (Å²) in [5.74, 6) is 0. The smallest absolute Gasteiger partial charge is 0.0858 e. The number of nitrogen functional groups attached to an aromatic ring is 2. The molecule has 8 nitrogen and oxygen atoms in total. The normalized spacial score (nSPS) is 11.6. The maximum absolute atomic E-state index is 5.66. The molecule has 0 aliphatic heterocycles. The maximum atomic E-state index is 5.66. The highest BCUT2D eigenvalue weighted by Gasteiger charge is 1.96. The number of benzene rings is 4. The summed E-state index contributed by atoms with van der Waals surface area (Å²) < 4.78 is 0. The lowest BCUT2D eigenvalue weighted by Crippen LogP contribution is -1.80. The largest absolute Gasteiger partial charge is 0.399 e. The van der Waals surface area contributed by atoms with Crippen molar-refractivity contribution in [1.29, 1.82) is 0 Å². The third-order valence-electron chi connectivity index (χ3n) is 4.33. The van der Waals surface area contributed by atoms with Crippen molar-refractivity contribution < 1.29 is 0 Å². The van der Waals surface area contributed by atoms with Crippen LogP contribution in [0, 0.1) is 0 Å². The molecule has 0 heterocycles. The van der Waals surface area contributed by atoms with Crippen LogP contribution in [0.3, 0.4) is 0 Å². The average Bonchev–Trinajstić information content (AvgIpc) is 2.83. The van der Waals surface area contributed by atoms with Gasteiger partial charge in [0.2, 0.25) is 0 Å². The number of rotatable bonds is 6. The van der Waals surface area contributed by atoms with E-state index in [-0.39, 0.29) is 0 Å². The molecular formula is C24H20N8. The van der Waals surface area contributed by atoms with Gasteiger partial charge in [0.05, 0.1) is 34.1 Å². The summed E-state index contributed by atoms with van der Waals surface area (Å²) in [6, 6.07) is 29.0. The molecule has 0 atom stereocenters. The molecule has 0 bridgehead atoms. The first kappa shape index (κ1) is 20.5. The van der Waals surface area contributed by atoms with Crippen LogP contribution in [0.1, 0.15) is 0 Å². The molecule has 156 valence electrons. The van der Waals surface area contributed by atoms with Crippen molar-refractivity contribution in [2.75, 3.05) is 11.5 Å². The van der Waals surface area contributed by atoms with Gasteiger partial charge in [0, 0.05) is 11.4 Å². The van der Waals surface area contributed by atoms with Gasteiger partial charge < -0.3 is 11.5 Å². The lowest BCUT2D eigenvalue weighted by atomic mass is 10.3. The third-order valence-corrected chi connectivity index (χ3v) is 4.33. The van der Waals surface area contributed by atoms with Gasteiger partial charge in [-0.05, 0) is 97.1 Å². The van der Waals surface area contributed by atoms with E-state index < -0.39 is 0 Å². The molecule has 0 aliphatic carbocycles. The fourth-order valence-electron chi connectivity index (χ4n) is 2.60. The van der Waals surface area contributed by atoms with Gasteiger partial charge in [0.15, 0.2) is 0 Å². The lowest BCUT2D eigenvalue weighted by Gasteiger charge is -1.97. The number of anilines is 2. The zero-order valence-corrected chi connectivity index (χ0v) is 17.1. The first-order valence-electron chi connectivity index (χ1n) is 9.80. The fraction of sp³-hybridized carbons (Fsp3) is 0. The van der Waals surface area contributed by atoms with E-state index in [0.29, 0.717) is 22.7 Å². The summed E-state index contributed by atoms with van der Waals surface area (Å²) in [5, 5.41) is 25.3. The molecule has 0 saturated heterocycles. The van der Waals surface area contributed by atoms with Crippen LogP contribution in [-0.2, 0) is 0 Å². The van der Waals surface area contributed by atoms with E-state index >= 15 is 0 Å². The Morgan fingerprint density at radius 2 is 0.438 bits per heavy atom. The van der Waals surface area contributed by atoms with Crippen molar-refractivity contribution in [3.63, 3.8) is 0 Å². The molecule has 4 aromatic rings. The summed E-state index contributed by atoms with van der Waals surface area (Å²) >= 11 is 0. The van der Waals surface area contributed by atoms with Crippen LogP contribution >= 0.6 is 0 Å². The van der Waals surface area contributed by atoms with Gasteiger partial charge in [-0.1, -0.05) is 0 Å². The predicted molar refractivity (Wildman–Crippen MR) is 127 cm³/mol. The van der Waals surface area contributed by atoms with E-state index in [1.807, 2.05) is 72.8 Å². The Morgan fingerprint density at radius 3 is 0.625 bits per heavy atom. The van der Waals surface area contributed by atoms with Crippen molar-refractivity contribution in [3.05, 3.63) is 97.1 Å². The van der Waals surface area contributed by atoms with Crippen molar-refractivity contribution in [3.8, 4) is 0 Å². The van der Waals surface area contributed by atoms with Crippen LogP contribution in [0.2, 0.25) is 0 Å². The van der Waals surface area contributed by atoms with E-state index in [4.69, 9.17) is 11.5 Å². The van der Waals surface area contributed by atoms with E-state index in [2.05, 4.69) is 30.7 Å². The van der Waals surface area contributed by atoms with Crippen LogP contribution in [0.15, 0.2) is 128 Å². The molecule has 0 amide bonds. The van der Waals surface area contributed by atoms with E-state index in [0.717, 1.165) is 22.7 Å². The van der Waals surface area contributed by atoms with Crippen molar-refractivity contribution in [1.82, 2.24) is 0 Å². The summed E-state index contributed by atoms with van der Waals surface area (Å²) in [4.78, 5) is 0. The van der Waals surface area contributed by atoms with Crippen LogP contribution in [0.25, 0.3) is 0 Å². The zero-order chi connectivity index (χ0) is 22.2. The highest BCUT2D eigenvalue weighted by Crippen LogP contribution is 2.25. The van der Waals surface area contributed by atoms with E-state index in [1.165, 1.54) is 0 Å². The topological polar surface area (TPSA) is 126 Å².